The summed E-state index contributed by atoms with van der Waals surface area (Å²) in [6.07, 6.45) is -0.587. The molecule has 1 aliphatic rings. The van der Waals surface area contributed by atoms with Crippen molar-refractivity contribution in [2.75, 3.05) is 33.3 Å². The van der Waals surface area contributed by atoms with Crippen molar-refractivity contribution in [3.05, 3.63) is 76.3 Å². The predicted octanol–water partition coefficient (Wildman–Crippen LogP) is 5.17. The molecule has 1 saturated heterocycles. The number of carbonyl (C=O) groups excluding carboxylic acids is 1. The molecule has 9 nitrogen and oxygen atoms in total. The molecule has 0 N–H and O–H groups in total. The third kappa shape index (κ3) is 6.26. The lowest BCUT2D eigenvalue weighted by molar-refractivity contribution is 0.132. The van der Waals surface area contributed by atoms with Gasteiger partial charge >= 0.3 is 6.09 Å². The molecule has 37 heavy (non-hydrogen) atoms. The number of sulfonamides is 1. The van der Waals surface area contributed by atoms with E-state index < -0.39 is 16.1 Å². The van der Waals surface area contributed by atoms with E-state index in [-0.39, 0.29) is 48.1 Å². The lowest BCUT2D eigenvalue weighted by atomic mass is 10.2. The van der Waals surface area contributed by atoms with Crippen LogP contribution in [0.1, 0.15) is 5.56 Å². The molecule has 12 heteroatoms. The molecule has 1 heterocycles. The van der Waals surface area contributed by atoms with E-state index in [9.17, 15) is 18.5 Å². The standard InChI is InChI=1S/C25H21Cl2N3O6S/c1-34-20-3-5-21(6-4-20)36-25(31)29-8-10-30(11-9-29)37(32,33)24-12-17(16-28)2-7-23(24)35-22-14-18(26)13-19(27)15-22/h2-7,12-15H,8-11H2,1H3. The molecular formula is C25H21Cl2N3O6S. The van der Waals surface area contributed by atoms with Gasteiger partial charge in [0.25, 0.3) is 0 Å². The predicted molar refractivity (Wildman–Crippen MR) is 137 cm³/mol. The first-order chi connectivity index (χ1) is 17.7. The Labute approximate surface area is 224 Å². The number of rotatable bonds is 6. The first-order valence-corrected chi connectivity index (χ1v) is 13.2. The highest BCUT2D eigenvalue weighted by Crippen LogP contribution is 2.34. The number of hydrogen-bond donors (Lipinski definition) is 0. The van der Waals surface area contributed by atoms with Gasteiger partial charge in [0.1, 0.15) is 27.9 Å². The minimum atomic E-state index is -4.08. The van der Waals surface area contributed by atoms with Crippen LogP contribution in [0.4, 0.5) is 4.79 Å². The van der Waals surface area contributed by atoms with E-state index in [2.05, 4.69) is 0 Å². The van der Waals surface area contributed by atoms with Gasteiger partial charge in [-0.1, -0.05) is 23.2 Å². The van der Waals surface area contributed by atoms with Gasteiger partial charge in [0, 0.05) is 36.2 Å². The van der Waals surface area contributed by atoms with Crippen LogP contribution < -0.4 is 14.2 Å². The summed E-state index contributed by atoms with van der Waals surface area (Å²) in [4.78, 5) is 13.8. The largest absolute Gasteiger partial charge is 0.497 e. The van der Waals surface area contributed by atoms with Crippen LogP contribution in [0.15, 0.2) is 65.6 Å². The maximum Gasteiger partial charge on any atom is 0.415 e. The topological polar surface area (TPSA) is 109 Å². The molecule has 3 aromatic carbocycles. The molecule has 0 bridgehead atoms. The third-order valence-electron chi connectivity index (χ3n) is 5.52. The SMILES string of the molecule is COc1ccc(OC(=O)N2CCN(S(=O)(=O)c3cc(C#N)ccc3Oc3cc(Cl)cc(Cl)c3)CC2)cc1. The number of hydrogen-bond acceptors (Lipinski definition) is 7. The summed E-state index contributed by atoms with van der Waals surface area (Å²) in [5.41, 5.74) is 0.150. The fraction of sp³-hybridized carbons (Fsp3) is 0.200. The zero-order valence-electron chi connectivity index (χ0n) is 19.6. The highest BCUT2D eigenvalue weighted by atomic mass is 35.5. The number of halogens is 2. The number of carbonyl (C=O) groups is 1. The quantitative estimate of drug-likeness (QED) is 0.408. The first kappa shape index (κ1) is 26.6. The number of piperazine rings is 1. The van der Waals surface area contributed by atoms with E-state index in [0.29, 0.717) is 21.5 Å². The Morgan fingerprint density at radius 3 is 2.11 bits per heavy atom. The highest BCUT2D eigenvalue weighted by molar-refractivity contribution is 7.89. The van der Waals surface area contributed by atoms with Crippen molar-refractivity contribution in [1.29, 1.82) is 5.26 Å². The van der Waals surface area contributed by atoms with Crippen molar-refractivity contribution >= 4 is 39.3 Å². The maximum atomic E-state index is 13.6. The molecule has 0 aliphatic carbocycles. The zero-order valence-corrected chi connectivity index (χ0v) is 21.9. The number of nitrogens with zero attached hydrogens (tertiary/aromatic N) is 3. The normalized spacial score (nSPS) is 14.1. The van der Waals surface area contributed by atoms with Crippen molar-refractivity contribution in [2.24, 2.45) is 0 Å². The Morgan fingerprint density at radius 1 is 0.892 bits per heavy atom. The Morgan fingerprint density at radius 2 is 1.51 bits per heavy atom. The van der Waals surface area contributed by atoms with E-state index in [1.165, 1.54) is 52.7 Å². The first-order valence-electron chi connectivity index (χ1n) is 11.0. The molecule has 192 valence electrons. The van der Waals surface area contributed by atoms with Gasteiger partial charge in [-0.25, -0.2) is 13.2 Å². The van der Waals surface area contributed by atoms with Crippen LogP contribution in [-0.2, 0) is 10.0 Å². The zero-order chi connectivity index (χ0) is 26.6. The maximum absolute atomic E-state index is 13.6. The Balaban J connectivity index is 1.49. The number of nitriles is 1. The highest BCUT2D eigenvalue weighted by Gasteiger charge is 2.33. The van der Waals surface area contributed by atoms with E-state index in [1.54, 1.807) is 24.3 Å². The van der Waals surface area contributed by atoms with Crippen molar-refractivity contribution in [3.8, 4) is 29.1 Å². The van der Waals surface area contributed by atoms with Crippen LogP contribution >= 0.6 is 23.2 Å². The number of ether oxygens (including phenoxy) is 3. The minimum Gasteiger partial charge on any atom is -0.497 e. The fourth-order valence-corrected chi connectivity index (χ4v) is 5.71. The molecule has 0 spiro atoms. The van der Waals surface area contributed by atoms with Crippen LogP contribution in [0.25, 0.3) is 0 Å². The number of methoxy groups -OCH3 is 1. The van der Waals surface area contributed by atoms with Crippen molar-refractivity contribution in [2.45, 2.75) is 4.90 Å². The van der Waals surface area contributed by atoms with Gasteiger partial charge in [0.15, 0.2) is 0 Å². The van der Waals surface area contributed by atoms with E-state index >= 15 is 0 Å². The van der Waals surface area contributed by atoms with Gasteiger partial charge in [-0.2, -0.15) is 9.57 Å². The molecular weight excluding hydrogens is 541 g/mol. The van der Waals surface area contributed by atoms with Crippen molar-refractivity contribution in [1.82, 2.24) is 9.21 Å². The molecule has 0 saturated carbocycles. The smallest absolute Gasteiger partial charge is 0.415 e. The molecule has 0 radical (unpaired) electrons. The molecule has 0 aromatic heterocycles. The average Bonchev–Trinajstić information content (AvgIpc) is 2.88. The Hall–Kier alpha value is -3.49. The average molecular weight is 562 g/mol. The summed E-state index contributed by atoms with van der Waals surface area (Å²) in [5, 5.41) is 9.97. The molecule has 1 fully saturated rings. The van der Waals surface area contributed by atoms with Gasteiger partial charge in [0.05, 0.1) is 18.7 Å². The third-order valence-corrected chi connectivity index (χ3v) is 7.87. The van der Waals surface area contributed by atoms with Crippen LogP contribution in [-0.4, -0.2) is 57.0 Å². The van der Waals surface area contributed by atoms with Crippen LogP contribution in [0, 0.1) is 11.3 Å². The molecule has 0 unspecified atom stereocenters. The summed E-state index contributed by atoms with van der Waals surface area (Å²) in [6, 6.07) is 17.1. The molecule has 0 atom stereocenters. The Bertz CT molecular complexity index is 1430. The second kappa shape index (κ2) is 11.3. The molecule has 1 amide bonds. The van der Waals surface area contributed by atoms with Gasteiger partial charge in [-0.3, -0.25) is 0 Å². The lowest BCUT2D eigenvalue weighted by Crippen LogP contribution is -2.51. The second-order valence-electron chi connectivity index (χ2n) is 7.92. The minimum absolute atomic E-state index is 0.0127. The number of benzene rings is 3. The molecule has 3 aromatic rings. The second-order valence-corrected chi connectivity index (χ2v) is 10.7. The van der Waals surface area contributed by atoms with Gasteiger partial charge in [-0.05, 0) is 60.7 Å². The van der Waals surface area contributed by atoms with Crippen LogP contribution in [0.2, 0.25) is 10.0 Å². The summed E-state index contributed by atoms with van der Waals surface area (Å²) in [5.74, 6) is 1.22. The lowest BCUT2D eigenvalue weighted by Gasteiger charge is -2.33. The van der Waals surface area contributed by atoms with Crippen molar-refractivity contribution in [3.63, 3.8) is 0 Å². The monoisotopic (exact) mass is 561 g/mol. The Kier molecular flexibility index (Phi) is 8.10. The van der Waals surface area contributed by atoms with Gasteiger partial charge in [-0.15, -0.1) is 0 Å². The van der Waals surface area contributed by atoms with E-state index in [0.717, 1.165) is 0 Å². The number of amides is 1. The fourth-order valence-electron chi connectivity index (χ4n) is 3.64. The molecule has 1 aliphatic heterocycles. The van der Waals surface area contributed by atoms with Gasteiger partial charge in [0.2, 0.25) is 10.0 Å². The van der Waals surface area contributed by atoms with E-state index in [1.807, 2.05) is 6.07 Å². The van der Waals surface area contributed by atoms with Crippen molar-refractivity contribution < 1.29 is 27.4 Å². The van der Waals surface area contributed by atoms with Crippen LogP contribution in [0.5, 0.6) is 23.0 Å². The van der Waals surface area contributed by atoms with E-state index in [4.69, 9.17) is 37.4 Å². The summed E-state index contributed by atoms with van der Waals surface area (Å²) in [6.45, 7) is 0.289. The van der Waals surface area contributed by atoms with Crippen LogP contribution in [0.3, 0.4) is 0 Å². The summed E-state index contributed by atoms with van der Waals surface area (Å²) >= 11 is 12.1. The summed E-state index contributed by atoms with van der Waals surface area (Å²) in [7, 11) is -2.55. The molecule has 4 rings (SSSR count). The van der Waals surface area contributed by atoms with Gasteiger partial charge < -0.3 is 19.1 Å². The summed E-state index contributed by atoms with van der Waals surface area (Å²) < 4.78 is 44.6.